The largest absolute Gasteiger partial charge is 0.424 e. The molecule has 2 aromatic heterocycles. The summed E-state index contributed by atoms with van der Waals surface area (Å²) in [6, 6.07) is 8.68. The molecule has 1 unspecified atom stereocenters. The smallest absolute Gasteiger partial charge is 0.325 e. The van der Waals surface area contributed by atoms with Crippen LogP contribution in [0.2, 0.25) is 0 Å². The first-order valence-corrected chi connectivity index (χ1v) is 11.7. The molecule has 2 fully saturated rings. The highest BCUT2D eigenvalue weighted by atomic mass is 19.1. The Labute approximate surface area is 199 Å². The quantitative estimate of drug-likeness (QED) is 0.359. The molecule has 1 spiro atoms. The predicted molar refractivity (Wildman–Crippen MR) is 130 cm³/mol. The number of H-pyrrole nitrogens is 1. The zero-order chi connectivity index (χ0) is 23.9. The van der Waals surface area contributed by atoms with Crippen LogP contribution in [0.3, 0.4) is 0 Å². The van der Waals surface area contributed by atoms with E-state index in [9.17, 15) is 9.18 Å². The normalized spacial score (nSPS) is 20.0. The third-order valence-corrected chi connectivity index (χ3v) is 7.78. The van der Waals surface area contributed by atoms with Crippen LogP contribution >= 0.6 is 0 Å². The van der Waals surface area contributed by atoms with Gasteiger partial charge in [-0.15, -0.1) is 0 Å². The van der Waals surface area contributed by atoms with E-state index in [1.807, 2.05) is 6.07 Å². The minimum absolute atomic E-state index is 0.123. The van der Waals surface area contributed by atoms with Crippen LogP contribution in [-0.2, 0) is 6.54 Å². The molecular formula is C25H24FN7O2. The number of nitrogens with zero attached hydrogens (tertiary/aromatic N) is 3. The maximum atomic E-state index is 14.5. The van der Waals surface area contributed by atoms with Gasteiger partial charge >= 0.3 is 6.01 Å². The third-order valence-electron chi connectivity index (χ3n) is 7.78. The Morgan fingerprint density at radius 1 is 1.26 bits per heavy atom. The van der Waals surface area contributed by atoms with Crippen molar-refractivity contribution in [3.63, 3.8) is 0 Å². The van der Waals surface area contributed by atoms with Crippen molar-refractivity contribution < 1.29 is 13.9 Å². The lowest BCUT2D eigenvalue weighted by atomic mass is 9.60. The van der Waals surface area contributed by atoms with Gasteiger partial charge in [0.2, 0.25) is 0 Å². The first-order valence-electron chi connectivity index (χ1n) is 11.7. The number of amides is 1. The molecule has 3 aliphatic rings. The molecule has 0 radical (unpaired) electrons. The standard InChI is InChI=1S/C25H24FN7O2/c1-28-17-7-13(26)6-16-19-21(30-20(16)17)31-24(32-22(19)33-10-25(11-33)5-4-18(25)27)35-14-3-2-12-9-29-23(34)15(12)8-14/h2-3,6-8,18,28H,4-5,9-11,27H2,1H3,(H,29,34)(H,30,31,32). The number of fused-ring (bicyclic) bond motifs is 4. The van der Waals surface area contributed by atoms with Gasteiger partial charge in [-0.3, -0.25) is 4.79 Å². The number of carbonyl (C=O) groups is 1. The lowest BCUT2D eigenvalue weighted by Gasteiger charge is -2.60. The van der Waals surface area contributed by atoms with E-state index in [0.29, 0.717) is 40.4 Å². The van der Waals surface area contributed by atoms with Gasteiger partial charge in [-0.2, -0.15) is 9.97 Å². The Morgan fingerprint density at radius 2 is 2.11 bits per heavy atom. The molecule has 1 atom stereocenters. The van der Waals surface area contributed by atoms with Gasteiger partial charge in [0, 0.05) is 49.1 Å². The number of benzene rings is 2. The number of anilines is 2. The Kier molecular flexibility index (Phi) is 4.12. The van der Waals surface area contributed by atoms with Crippen LogP contribution in [0, 0.1) is 11.2 Å². The van der Waals surface area contributed by atoms with Gasteiger partial charge in [-0.25, -0.2) is 4.39 Å². The van der Waals surface area contributed by atoms with Crippen LogP contribution < -0.4 is 26.0 Å². The zero-order valence-corrected chi connectivity index (χ0v) is 19.1. The highest BCUT2D eigenvalue weighted by Gasteiger charge is 2.54. The van der Waals surface area contributed by atoms with Crippen LogP contribution in [0.5, 0.6) is 11.8 Å². The van der Waals surface area contributed by atoms with E-state index in [0.717, 1.165) is 42.4 Å². The summed E-state index contributed by atoms with van der Waals surface area (Å²) in [5.74, 6) is 0.701. The van der Waals surface area contributed by atoms with Crippen molar-refractivity contribution in [2.75, 3.05) is 30.4 Å². The topological polar surface area (TPSA) is 121 Å². The SMILES string of the molecule is CNc1cc(F)cc2c1[nH]c1nc(Oc3ccc4c(c3)C(=O)NC4)nc(N3CC4(CCC4N)C3)c12. The van der Waals surface area contributed by atoms with Crippen molar-refractivity contribution in [2.45, 2.75) is 25.4 Å². The summed E-state index contributed by atoms with van der Waals surface area (Å²) in [5, 5.41) is 7.31. The molecule has 2 aromatic carbocycles. The Hall–Kier alpha value is -3.92. The molecule has 7 rings (SSSR count). The van der Waals surface area contributed by atoms with Crippen molar-refractivity contribution in [3.05, 3.63) is 47.3 Å². The Bertz CT molecular complexity index is 1540. The second kappa shape index (κ2) is 7.05. The molecule has 178 valence electrons. The molecule has 0 bridgehead atoms. The van der Waals surface area contributed by atoms with Gasteiger partial charge in [0.15, 0.2) is 0 Å². The van der Waals surface area contributed by atoms with Gasteiger partial charge < -0.3 is 31.0 Å². The molecule has 4 heterocycles. The number of rotatable bonds is 4. The second-order valence-corrected chi connectivity index (χ2v) is 9.77. The van der Waals surface area contributed by atoms with Crippen LogP contribution in [0.25, 0.3) is 21.9 Å². The van der Waals surface area contributed by atoms with Crippen LogP contribution in [-0.4, -0.2) is 47.0 Å². The molecule has 5 N–H and O–H groups in total. The number of hydrogen-bond acceptors (Lipinski definition) is 7. The monoisotopic (exact) mass is 473 g/mol. The van der Waals surface area contributed by atoms with Gasteiger partial charge in [0.1, 0.15) is 23.0 Å². The number of halogens is 1. The summed E-state index contributed by atoms with van der Waals surface area (Å²) < 4.78 is 20.5. The molecule has 2 aliphatic heterocycles. The Morgan fingerprint density at radius 3 is 2.86 bits per heavy atom. The maximum Gasteiger partial charge on any atom is 0.325 e. The average molecular weight is 474 g/mol. The summed E-state index contributed by atoms with van der Waals surface area (Å²) in [4.78, 5) is 27.0. The number of nitrogens with one attached hydrogen (secondary N) is 3. The van der Waals surface area contributed by atoms with E-state index in [2.05, 4.69) is 25.5 Å². The van der Waals surface area contributed by atoms with Crippen molar-refractivity contribution in [3.8, 4) is 11.8 Å². The molecule has 1 saturated heterocycles. The van der Waals surface area contributed by atoms with E-state index in [4.69, 9.17) is 15.5 Å². The highest BCUT2D eigenvalue weighted by Crippen LogP contribution is 2.50. The lowest BCUT2D eigenvalue weighted by Crippen LogP contribution is -2.69. The molecule has 1 amide bonds. The maximum absolute atomic E-state index is 14.5. The third kappa shape index (κ3) is 2.92. The highest BCUT2D eigenvalue weighted by molar-refractivity contribution is 6.14. The number of hydrogen-bond donors (Lipinski definition) is 4. The summed E-state index contributed by atoms with van der Waals surface area (Å²) in [6.07, 6.45) is 2.14. The van der Waals surface area contributed by atoms with E-state index >= 15 is 0 Å². The fourth-order valence-corrected chi connectivity index (χ4v) is 5.63. The number of aromatic amines is 1. The fourth-order valence-electron chi connectivity index (χ4n) is 5.63. The van der Waals surface area contributed by atoms with Crippen molar-refractivity contribution in [2.24, 2.45) is 11.1 Å². The van der Waals surface area contributed by atoms with E-state index in [1.54, 1.807) is 19.2 Å². The number of ether oxygens (including phenoxy) is 1. The second-order valence-electron chi connectivity index (χ2n) is 9.77. The molecule has 1 saturated carbocycles. The molecule has 4 aromatic rings. The first-order chi connectivity index (χ1) is 16.9. The molecule has 10 heteroatoms. The summed E-state index contributed by atoms with van der Waals surface area (Å²) in [7, 11) is 1.75. The van der Waals surface area contributed by atoms with E-state index in [1.165, 1.54) is 12.1 Å². The summed E-state index contributed by atoms with van der Waals surface area (Å²) in [6.45, 7) is 2.10. The van der Waals surface area contributed by atoms with Crippen LogP contribution in [0.1, 0.15) is 28.8 Å². The average Bonchev–Trinajstić information content (AvgIpc) is 3.37. The fraction of sp³-hybridized carbons (Fsp3) is 0.320. The van der Waals surface area contributed by atoms with Gasteiger partial charge in [-0.05, 0) is 42.7 Å². The lowest BCUT2D eigenvalue weighted by molar-refractivity contribution is 0.0559. The summed E-state index contributed by atoms with van der Waals surface area (Å²) >= 11 is 0. The Balaban J connectivity index is 1.36. The number of nitrogens with two attached hydrogens (primary N) is 1. The zero-order valence-electron chi connectivity index (χ0n) is 19.1. The van der Waals surface area contributed by atoms with Crippen molar-refractivity contribution >= 4 is 39.3 Å². The first kappa shape index (κ1) is 20.5. The number of aromatic nitrogens is 3. The van der Waals surface area contributed by atoms with Gasteiger partial charge in [0.05, 0.1) is 16.6 Å². The summed E-state index contributed by atoms with van der Waals surface area (Å²) in [5.41, 5.74) is 9.89. The van der Waals surface area contributed by atoms with E-state index < -0.39 is 0 Å². The van der Waals surface area contributed by atoms with E-state index in [-0.39, 0.29) is 29.2 Å². The molecule has 35 heavy (non-hydrogen) atoms. The van der Waals surface area contributed by atoms with Crippen LogP contribution in [0.4, 0.5) is 15.9 Å². The molecular weight excluding hydrogens is 449 g/mol. The van der Waals surface area contributed by atoms with Crippen molar-refractivity contribution in [1.29, 1.82) is 0 Å². The van der Waals surface area contributed by atoms with Crippen molar-refractivity contribution in [1.82, 2.24) is 20.3 Å². The minimum atomic E-state index is -0.341. The number of carbonyl (C=O) groups excluding carboxylic acids is 1. The van der Waals surface area contributed by atoms with Gasteiger partial charge in [-0.1, -0.05) is 6.07 Å². The predicted octanol–water partition coefficient (Wildman–Crippen LogP) is 3.26. The molecule has 1 aliphatic carbocycles. The van der Waals surface area contributed by atoms with Crippen LogP contribution in [0.15, 0.2) is 30.3 Å². The van der Waals surface area contributed by atoms with Gasteiger partial charge in [0.25, 0.3) is 5.91 Å². The molecule has 9 nitrogen and oxygen atoms in total. The minimum Gasteiger partial charge on any atom is -0.424 e.